The first-order chi connectivity index (χ1) is 9.02. The number of benzene rings is 2. The van der Waals surface area contributed by atoms with Crippen molar-refractivity contribution in [2.24, 2.45) is 0 Å². The van der Waals surface area contributed by atoms with Crippen LogP contribution < -0.4 is 11.1 Å². The largest absolute Gasteiger partial charge is 0.397 e. The first kappa shape index (κ1) is 13.0. The minimum atomic E-state index is 0.569. The Balaban J connectivity index is 2.37. The molecule has 0 bridgehead atoms. The summed E-state index contributed by atoms with van der Waals surface area (Å²) in [5.41, 5.74) is 12.7. The molecule has 3 heteroatoms. The smallest absolute Gasteiger partial charge is 0.0992 e. The number of nitrogen functional groups attached to an aromatic ring is 1. The highest BCUT2D eigenvalue weighted by atomic mass is 14.9. The van der Waals surface area contributed by atoms with Crippen molar-refractivity contribution in [3.8, 4) is 6.07 Å². The summed E-state index contributed by atoms with van der Waals surface area (Å²) >= 11 is 0. The van der Waals surface area contributed by atoms with Gasteiger partial charge in [-0.25, -0.2) is 0 Å². The van der Waals surface area contributed by atoms with Gasteiger partial charge in [0.25, 0.3) is 0 Å². The zero-order chi connectivity index (χ0) is 14.0. The SMILES string of the molecule is Cc1ccc(Nc2ccc(C#N)cc2N)c(C)c1C. The Morgan fingerprint density at radius 1 is 1.00 bits per heavy atom. The summed E-state index contributed by atoms with van der Waals surface area (Å²) in [4.78, 5) is 0. The highest BCUT2D eigenvalue weighted by Crippen LogP contribution is 2.28. The van der Waals surface area contributed by atoms with Crippen LogP contribution in [0, 0.1) is 32.1 Å². The van der Waals surface area contributed by atoms with Gasteiger partial charge in [-0.15, -0.1) is 0 Å². The van der Waals surface area contributed by atoms with Crippen LogP contribution in [0.4, 0.5) is 17.1 Å². The highest BCUT2D eigenvalue weighted by molar-refractivity contribution is 5.75. The first-order valence-electron chi connectivity index (χ1n) is 6.16. The van der Waals surface area contributed by atoms with Crippen LogP contribution in [0.2, 0.25) is 0 Å². The van der Waals surface area contributed by atoms with Crippen molar-refractivity contribution in [2.45, 2.75) is 20.8 Å². The molecular weight excluding hydrogens is 234 g/mol. The summed E-state index contributed by atoms with van der Waals surface area (Å²) in [5.74, 6) is 0. The molecule has 0 fully saturated rings. The third-order valence-electron chi connectivity index (χ3n) is 3.51. The van der Waals surface area contributed by atoms with Crippen molar-refractivity contribution in [1.82, 2.24) is 0 Å². The van der Waals surface area contributed by atoms with Crippen LogP contribution in [0.25, 0.3) is 0 Å². The highest BCUT2D eigenvalue weighted by Gasteiger charge is 2.06. The second-order valence-electron chi connectivity index (χ2n) is 4.72. The molecule has 3 N–H and O–H groups in total. The molecule has 0 aromatic heterocycles. The van der Waals surface area contributed by atoms with E-state index >= 15 is 0 Å². The van der Waals surface area contributed by atoms with E-state index in [9.17, 15) is 0 Å². The second kappa shape index (κ2) is 5.03. The maximum Gasteiger partial charge on any atom is 0.0992 e. The molecule has 0 atom stereocenters. The summed E-state index contributed by atoms with van der Waals surface area (Å²) in [5, 5.41) is 12.2. The fourth-order valence-corrected chi connectivity index (χ4v) is 1.98. The summed E-state index contributed by atoms with van der Waals surface area (Å²) in [7, 11) is 0. The third kappa shape index (κ3) is 2.53. The van der Waals surface area contributed by atoms with Gasteiger partial charge in [-0.3, -0.25) is 0 Å². The Morgan fingerprint density at radius 3 is 2.32 bits per heavy atom. The van der Waals surface area contributed by atoms with Gasteiger partial charge < -0.3 is 11.1 Å². The van der Waals surface area contributed by atoms with Crippen molar-refractivity contribution >= 4 is 17.1 Å². The molecule has 96 valence electrons. The lowest BCUT2D eigenvalue weighted by atomic mass is 10.0. The molecule has 19 heavy (non-hydrogen) atoms. The van der Waals surface area contributed by atoms with E-state index in [0.29, 0.717) is 11.3 Å². The minimum Gasteiger partial charge on any atom is -0.397 e. The molecule has 2 aromatic carbocycles. The molecule has 0 saturated carbocycles. The average molecular weight is 251 g/mol. The number of nitrogens with two attached hydrogens (primary N) is 1. The second-order valence-corrected chi connectivity index (χ2v) is 4.72. The van der Waals surface area contributed by atoms with E-state index in [1.807, 2.05) is 6.07 Å². The van der Waals surface area contributed by atoms with Crippen LogP contribution in [0.15, 0.2) is 30.3 Å². The quantitative estimate of drug-likeness (QED) is 0.798. The molecule has 3 nitrogen and oxygen atoms in total. The lowest BCUT2D eigenvalue weighted by Gasteiger charge is -2.15. The Labute approximate surface area is 113 Å². The standard InChI is InChI=1S/C16H17N3/c1-10-4-6-15(12(3)11(10)2)19-16-7-5-13(9-17)8-14(16)18/h4-8,19H,18H2,1-3H3. The number of hydrogen-bond donors (Lipinski definition) is 2. The fraction of sp³-hybridized carbons (Fsp3) is 0.188. The summed E-state index contributed by atoms with van der Waals surface area (Å²) < 4.78 is 0. The monoisotopic (exact) mass is 251 g/mol. The molecule has 0 spiro atoms. The van der Waals surface area contributed by atoms with Crippen molar-refractivity contribution in [2.75, 3.05) is 11.1 Å². The molecule has 0 aliphatic heterocycles. The van der Waals surface area contributed by atoms with Crippen LogP contribution in [0.3, 0.4) is 0 Å². The molecule has 0 heterocycles. The summed E-state index contributed by atoms with van der Waals surface area (Å²) in [6.07, 6.45) is 0. The lowest BCUT2D eigenvalue weighted by Crippen LogP contribution is -2.00. The van der Waals surface area contributed by atoms with Gasteiger partial charge >= 0.3 is 0 Å². The van der Waals surface area contributed by atoms with Crippen molar-refractivity contribution in [1.29, 1.82) is 5.26 Å². The summed E-state index contributed by atoms with van der Waals surface area (Å²) in [6.45, 7) is 6.30. The Bertz CT molecular complexity index is 666. The van der Waals surface area contributed by atoms with E-state index in [-0.39, 0.29) is 0 Å². The Morgan fingerprint density at radius 2 is 1.68 bits per heavy atom. The van der Waals surface area contributed by atoms with Crippen LogP contribution >= 0.6 is 0 Å². The predicted octanol–water partition coefficient (Wildman–Crippen LogP) is 3.81. The first-order valence-corrected chi connectivity index (χ1v) is 6.16. The molecule has 0 unspecified atom stereocenters. The molecule has 0 aliphatic rings. The van der Waals surface area contributed by atoms with E-state index in [0.717, 1.165) is 11.4 Å². The van der Waals surface area contributed by atoms with Gasteiger partial charge in [0.2, 0.25) is 0 Å². The molecule has 0 amide bonds. The zero-order valence-corrected chi connectivity index (χ0v) is 11.4. The topological polar surface area (TPSA) is 61.8 Å². The molecular formula is C16H17N3. The third-order valence-corrected chi connectivity index (χ3v) is 3.51. The number of nitrogens with zero attached hydrogens (tertiary/aromatic N) is 1. The molecule has 2 aromatic rings. The normalized spacial score (nSPS) is 10.0. The number of nitrogens with one attached hydrogen (secondary N) is 1. The fourth-order valence-electron chi connectivity index (χ4n) is 1.98. The van der Waals surface area contributed by atoms with Crippen molar-refractivity contribution < 1.29 is 0 Å². The van der Waals surface area contributed by atoms with Gasteiger partial charge in [0.1, 0.15) is 0 Å². The van der Waals surface area contributed by atoms with Gasteiger partial charge in [0.15, 0.2) is 0 Å². The maximum absolute atomic E-state index is 8.83. The summed E-state index contributed by atoms with van der Waals surface area (Å²) in [6, 6.07) is 11.5. The molecule has 2 rings (SSSR count). The number of rotatable bonds is 2. The van der Waals surface area contributed by atoms with E-state index in [1.54, 1.807) is 12.1 Å². The minimum absolute atomic E-state index is 0.569. The zero-order valence-electron chi connectivity index (χ0n) is 11.4. The van der Waals surface area contributed by atoms with Crippen LogP contribution in [0.1, 0.15) is 22.3 Å². The van der Waals surface area contributed by atoms with Crippen LogP contribution in [0.5, 0.6) is 0 Å². The average Bonchev–Trinajstić information content (AvgIpc) is 2.41. The number of aryl methyl sites for hydroxylation is 1. The van der Waals surface area contributed by atoms with E-state index < -0.39 is 0 Å². The molecule has 0 saturated heterocycles. The molecule has 0 radical (unpaired) electrons. The van der Waals surface area contributed by atoms with Gasteiger partial charge in [-0.05, 0) is 61.7 Å². The van der Waals surface area contributed by atoms with E-state index in [1.165, 1.54) is 16.7 Å². The lowest BCUT2D eigenvalue weighted by molar-refractivity contribution is 1.26. The van der Waals surface area contributed by atoms with Gasteiger partial charge in [0.05, 0.1) is 23.0 Å². The van der Waals surface area contributed by atoms with Gasteiger partial charge in [-0.1, -0.05) is 6.07 Å². The number of nitriles is 1. The van der Waals surface area contributed by atoms with Gasteiger partial charge in [0, 0.05) is 5.69 Å². The van der Waals surface area contributed by atoms with Gasteiger partial charge in [-0.2, -0.15) is 5.26 Å². The van der Waals surface area contributed by atoms with Crippen LogP contribution in [-0.2, 0) is 0 Å². The Hall–Kier alpha value is -2.47. The van der Waals surface area contributed by atoms with E-state index in [2.05, 4.69) is 44.3 Å². The number of anilines is 3. The number of hydrogen-bond acceptors (Lipinski definition) is 3. The predicted molar refractivity (Wildman–Crippen MR) is 79.5 cm³/mol. The maximum atomic E-state index is 8.83. The van der Waals surface area contributed by atoms with Crippen molar-refractivity contribution in [3.63, 3.8) is 0 Å². The molecule has 0 aliphatic carbocycles. The van der Waals surface area contributed by atoms with Crippen LogP contribution in [-0.4, -0.2) is 0 Å². The van der Waals surface area contributed by atoms with E-state index in [4.69, 9.17) is 11.0 Å². The Kier molecular flexibility index (Phi) is 3.43. The van der Waals surface area contributed by atoms with Crippen molar-refractivity contribution in [3.05, 3.63) is 52.6 Å².